The van der Waals surface area contributed by atoms with E-state index in [4.69, 9.17) is 0 Å². The predicted octanol–water partition coefficient (Wildman–Crippen LogP) is 0.469. The van der Waals surface area contributed by atoms with Crippen molar-refractivity contribution in [3.8, 4) is 0 Å². The average Bonchev–Trinajstić information content (AvgIpc) is 3.01. The van der Waals surface area contributed by atoms with E-state index in [1.807, 2.05) is 11.8 Å². The molecule has 2 aliphatic rings. The van der Waals surface area contributed by atoms with Crippen molar-refractivity contribution in [1.82, 2.24) is 9.62 Å². The van der Waals surface area contributed by atoms with E-state index in [0.717, 1.165) is 19.3 Å². The maximum atomic E-state index is 11.7. The molecule has 5 nitrogen and oxygen atoms in total. The number of sulfonamides is 1. The number of unbranched alkanes of at least 4 members (excludes halogenated alkanes) is 1. The molecule has 98 valence electrons. The Hall–Kier alpha value is -0.620. The van der Waals surface area contributed by atoms with Gasteiger partial charge in [0.1, 0.15) is 0 Å². The Labute approximate surface area is 103 Å². The number of nitrogens with one attached hydrogen (secondary N) is 1. The second kappa shape index (κ2) is 4.94. The quantitative estimate of drug-likeness (QED) is 0.755. The molecule has 1 atom stereocenters. The van der Waals surface area contributed by atoms with E-state index >= 15 is 0 Å². The molecule has 1 N–H and O–H groups in total. The third kappa shape index (κ3) is 3.42. The maximum Gasteiger partial charge on any atom is 0.224 e. The Morgan fingerprint density at radius 2 is 2.12 bits per heavy atom. The zero-order valence-electron chi connectivity index (χ0n) is 10.2. The molecule has 1 aliphatic carbocycles. The Morgan fingerprint density at radius 1 is 1.41 bits per heavy atom. The van der Waals surface area contributed by atoms with Crippen LogP contribution >= 0.6 is 0 Å². The third-order valence-corrected chi connectivity index (χ3v) is 4.78. The van der Waals surface area contributed by atoms with Gasteiger partial charge in [0.05, 0.1) is 5.75 Å². The van der Waals surface area contributed by atoms with E-state index in [1.165, 1.54) is 0 Å². The van der Waals surface area contributed by atoms with Gasteiger partial charge in [0, 0.05) is 25.0 Å². The lowest BCUT2D eigenvalue weighted by molar-refractivity contribution is -0.128. The highest BCUT2D eigenvalue weighted by Crippen LogP contribution is 2.30. The molecular weight excluding hydrogens is 240 g/mol. The second-order valence-corrected chi connectivity index (χ2v) is 6.84. The van der Waals surface area contributed by atoms with Gasteiger partial charge in [0.2, 0.25) is 15.9 Å². The minimum absolute atomic E-state index is 0.0932. The van der Waals surface area contributed by atoms with Crippen LogP contribution in [0.3, 0.4) is 0 Å². The molecule has 0 radical (unpaired) electrons. The smallest absolute Gasteiger partial charge is 0.224 e. The molecule has 0 spiro atoms. The molecule has 1 amide bonds. The van der Waals surface area contributed by atoms with Gasteiger partial charge in [-0.1, -0.05) is 13.3 Å². The molecule has 1 saturated heterocycles. The van der Waals surface area contributed by atoms with Gasteiger partial charge < -0.3 is 4.90 Å². The zero-order valence-corrected chi connectivity index (χ0v) is 11.0. The van der Waals surface area contributed by atoms with Crippen molar-refractivity contribution >= 4 is 15.9 Å². The Morgan fingerprint density at radius 3 is 2.71 bits per heavy atom. The molecule has 1 saturated carbocycles. The number of hydrogen-bond donors (Lipinski definition) is 1. The molecule has 1 aliphatic heterocycles. The van der Waals surface area contributed by atoms with E-state index in [-0.39, 0.29) is 17.7 Å². The van der Waals surface area contributed by atoms with E-state index in [1.54, 1.807) is 0 Å². The van der Waals surface area contributed by atoms with Crippen LogP contribution in [-0.2, 0) is 14.8 Å². The number of hydrogen-bond acceptors (Lipinski definition) is 3. The predicted molar refractivity (Wildman–Crippen MR) is 65.0 cm³/mol. The van der Waals surface area contributed by atoms with Crippen LogP contribution < -0.4 is 4.72 Å². The normalized spacial score (nSPS) is 25.6. The molecule has 0 aromatic rings. The first kappa shape index (κ1) is 12.8. The van der Waals surface area contributed by atoms with E-state index in [2.05, 4.69) is 4.72 Å². The number of nitrogens with zero attached hydrogens (tertiary/aromatic N) is 1. The highest BCUT2D eigenvalue weighted by Gasteiger charge is 2.40. The highest BCUT2D eigenvalue weighted by molar-refractivity contribution is 7.89. The molecule has 0 aromatic heterocycles. The summed E-state index contributed by atoms with van der Waals surface area (Å²) in [5.74, 6) is 0.258. The number of carbonyl (C=O) groups is 1. The average molecular weight is 260 g/mol. The monoisotopic (exact) mass is 260 g/mol. The molecule has 1 unspecified atom stereocenters. The van der Waals surface area contributed by atoms with Crippen LogP contribution in [-0.4, -0.2) is 43.6 Å². The first-order chi connectivity index (χ1) is 8.02. The molecule has 17 heavy (non-hydrogen) atoms. The van der Waals surface area contributed by atoms with Crippen LogP contribution in [0.4, 0.5) is 0 Å². The molecule has 6 heteroatoms. The van der Waals surface area contributed by atoms with Crippen molar-refractivity contribution in [3.05, 3.63) is 0 Å². The van der Waals surface area contributed by atoms with Crippen molar-refractivity contribution in [1.29, 1.82) is 0 Å². The van der Waals surface area contributed by atoms with Crippen molar-refractivity contribution in [2.75, 3.05) is 12.3 Å². The summed E-state index contributed by atoms with van der Waals surface area (Å²) in [6, 6.07) is 0.164. The standard InChI is InChI=1S/C11H20N2O3S/c1-2-3-6-17(15,16)12-9-7-11(14)13(8-9)10-4-5-10/h9-10,12H,2-8H2,1H3. The topological polar surface area (TPSA) is 66.5 Å². The second-order valence-electron chi connectivity index (χ2n) is 4.97. The molecule has 0 aromatic carbocycles. The van der Waals surface area contributed by atoms with E-state index in [0.29, 0.717) is 25.4 Å². The third-order valence-electron chi connectivity index (χ3n) is 3.26. The van der Waals surface area contributed by atoms with Crippen molar-refractivity contribution < 1.29 is 13.2 Å². The summed E-state index contributed by atoms with van der Waals surface area (Å²) in [5, 5.41) is 0. The summed E-state index contributed by atoms with van der Waals surface area (Å²) in [6.07, 6.45) is 3.99. The first-order valence-corrected chi connectivity index (χ1v) is 7.96. The highest BCUT2D eigenvalue weighted by atomic mass is 32.2. The van der Waals surface area contributed by atoms with Crippen LogP contribution in [0, 0.1) is 0 Å². The van der Waals surface area contributed by atoms with Gasteiger partial charge in [-0.2, -0.15) is 0 Å². The first-order valence-electron chi connectivity index (χ1n) is 6.31. The summed E-state index contributed by atoms with van der Waals surface area (Å²) in [7, 11) is -3.21. The maximum absolute atomic E-state index is 11.7. The van der Waals surface area contributed by atoms with Gasteiger partial charge in [-0.3, -0.25) is 4.79 Å². The van der Waals surface area contributed by atoms with Crippen molar-refractivity contribution in [3.63, 3.8) is 0 Å². The Balaban J connectivity index is 1.86. The van der Waals surface area contributed by atoms with Crippen LogP contribution in [0.2, 0.25) is 0 Å². The lowest BCUT2D eigenvalue weighted by Crippen LogP contribution is -2.38. The molecule has 0 bridgehead atoms. The van der Waals surface area contributed by atoms with Crippen LogP contribution in [0.15, 0.2) is 0 Å². The number of amides is 1. The van der Waals surface area contributed by atoms with E-state index < -0.39 is 10.0 Å². The van der Waals surface area contributed by atoms with Crippen LogP contribution in [0.5, 0.6) is 0 Å². The van der Waals surface area contributed by atoms with Gasteiger partial charge in [0.25, 0.3) is 0 Å². The van der Waals surface area contributed by atoms with Gasteiger partial charge in [-0.05, 0) is 19.3 Å². The lowest BCUT2D eigenvalue weighted by Gasteiger charge is -2.16. The zero-order chi connectivity index (χ0) is 12.5. The number of likely N-dealkylation sites (tertiary alicyclic amines) is 1. The minimum atomic E-state index is -3.21. The fraction of sp³-hybridized carbons (Fsp3) is 0.909. The Bertz CT molecular complexity index is 390. The van der Waals surface area contributed by atoms with Gasteiger partial charge in [-0.15, -0.1) is 0 Å². The van der Waals surface area contributed by atoms with Crippen LogP contribution in [0.25, 0.3) is 0 Å². The minimum Gasteiger partial charge on any atom is -0.338 e. The summed E-state index contributed by atoms with van der Waals surface area (Å²) in [5.41, 5.74) is 0. The summed E-state index contributed by atoms with van der Waals surface area (Å²) < 4.78 is 26.0. The summed E-state index contributed by atoms with van der Waals surface area (Å²) in [4.78, 5) is 13.5. The molecule has 2 fully saturated rings. The molecular formula is C11H20N2O3S. The summed E-state index contributed by atoms with van der Waals surface area (Å²) in [6.45, 7) is 2.51. The van der Waals surface area contributed by atoms with Crippen LogP contribution in [0.1, 0.15) is 39.0 Å². The number of carbonyl (C=O) groups excluding carboxylic acids is 1. The number of rotatable bonds is 6. The fourth-order valence-electron chi connectivity index (χ4n) is 2.20. The van der Waals surface area contributed by atoms with Gasteiger partial charge in [-0.25, -0.2) is 13.1 Å². The lowest BCUT2D eigenvalue weighted by atomic mass is 10.3. The molecule has 2 rings (SSSR count). The molecule has 1 heterocycles. The van der Waals surface area contributed by atoms with E-state index in [9.17, 15) is 13.2 Å². The Kier molecular flexibility index (Phi) is 3.73. The largest absolute Gasteiger partial charge is 0.338 e. The fourth-order valence-corrected chi connectivity index (χ4v) is 3.65. The summed E-state index contributed by atoms with van der Waals surface area (Å²) >= 11 is 0. The van der Waals surface area contributed by atoms with Gasteiger partial charge in [0.15, 0.2) is 0 Å². The van der Waals surface area contributed by atoms with Crippen molar-refractivity contribution in [2.45, 2.75) is 51.1 Å². The van der Waals surface area contributed by atoms with Crippen molar-refractivity contribution in [2.24, 2.45) is 0 Å². The SMILES string of the molecule is CCCCS(=O)(=O)NC1CC(=O)N(C2CC2)C1. The van der Waals surface area contributed by atoms with Gasteiger partial charge >= 0.3 is 0 Å².